The van der Waals surface area contributed by atoms with Crippen LogP contribution < -0.4 is 5.32 Å². The summed E-state index contributed by atoms with van der Waals surface area (Å²) in [5.74, 6) is 2.44. The highest BCUT2D eigenvalue weighted by atomic mass is 16.1. The Morgan fingerprint density at radius 3 is 3.15 bits per heavy atom. The summed E-state index contributed by atoms with van der Waals surface area (Å²) in [5, 5.41) is 2.75. The largest absolute Gasteiger partial charge is 0.357 e. The van der Waals surface area contributed by atoms with Gasteiger partial charge in [0.2, 0.25) is 0 Å². The van der Waals surface area contributed by atoms with Crippen molar-refractivity contribution in [1.82, 2.24) is 10.3 Å². The maximum absolute atomic E-state index is 11.3. The van der Waals surface area contributed by atoms with Crippen LogP contribution in [0.4, 0.5) is 0 Å². The number of nitrogens with one attached hydrogen (secondary N) is 2. The minimum Gasteiger partial charge on any atom is -0.357 e. The Bertz CT molecular complexity index is 295. The fraction of sp³-hybridized carbons (Fsp3) is 0.300. The number of aromatic amines is 1. The molecule has 0 saturated carbocycles. The van der Waals surface area contributed by atoms with Crippen LogP contribution in [0.3, 0.4) is 0 Å². The Morgan fingerprint density at radius 1 is 1.69 bits per heavy atom. The Morgan fingerprint density at radius 2 is 2.54 bits per heavy atom. The zero-order valence-corrected chi connectivity index (χ0v) is 7.34. The Balaban J connectivity index is 2.24. The number of hydrogen-bond donors (Lipinski definition) is 2. The zero-order valence-electron chi connectivity index (χ0n) is 7.34. The number of rotatable bonds is 4. The summed E-state index contributed by atoms with van der Waals surface area (Å²) in [6.07, 6.45) is 8.31. The monoisotopic (exact) mass is 176 g/mol. The van der Waals surface area contributed by atoms with Crippen LogP contribution in [-0.4, -0.2) is 17.4 Å². The van der Waals surface area contributed by atoms with Gasteiger partial charge in [0.1, 0.15) is 5.69 Å². The van der Waals surface area contributed by atoms with Crippen LogP contribution in [0, 0.1) is 12.3 Å². The van der Waals surface area contributed by atoms with Gasteiger partial charge in [-0.25, -0.2) is 0 Å². The predicted octanol–water partition coefficient (Wildman–Crippen LogP) is 1.16. The molecule has 0 unspecified atom stereocenters. The molecule has 1 aromatic rings. The van der Waals surface area contributed by atoms with Crippen LogP contribution in [0.1, 0.15) is 23.3 Å². The zero-order chi connectivity index (χ0) is 9.52. The Hall–Kier alpha value is -1.69. The van der Waals surface area contributed by atoms with E-state index in [4.69, 9.17) is 6.42 Å². The molecule has 1 heterocycles. The molecule has 13 heavy (non-hydrogen) atoms. The van der Waals surface area contributed by atoms with Gasteiger partial charge < -0.3 is 10.3 Å². The van der Waals surface area contributed by atoms with Crippen molar-refractivity contribution in [3.05, 3.63) is 24.0 Å². The molecule has 1 amide bonds. The Labute approximate surface area is 77.5 Å². The number of hydrogen-bond acceptors (Lipinski definition) is 1. The lowest BCUT2D eigenvalue weighted by Crippen LogP contribution is -2.24. The van der Waals surface area contributed by atoms with Gasteiger partial charge in [0.15, 0.2) is 0 Å². The van der Waals surface area contributed by atoms with Crippen LogP contribution in [-0.2, 0) is 0 Å². The summed E-state index contributed by atoms with van der Waals surface area (Å²) in [6.45, 7) is 0.627. The van der Waals surface area contributed by atoms with Gasteiger partial charge in [-0.15, -0.1) is 12.3 Å². The molecule has 2 N–H and O–H groups in total. The summed E-state index contributed by atoms with van der Waals surface area (Å²) in [4.78, 5) is 14.1. The number of amides is 1. The molecule has 0 spiro atoms. The molecule has 0 fully saturated rings. The van der Waals surface area contributed by atoms with Crippen molar-refractivity contribution in [3.8, 4) is 12.3 Å². The SMILES string of the molecule is C#CCCCNC(=O)c1ccc[nH]1. The highest BCUT2D eigenvalue weighted by Crippen LogP contribution is 1.93. The molecule has 0 aliphatic heterocycles. The molecule has 1 aromatic heterocycles. The van der Waals surface area contributed by atoms with Crippen molar-refractivity contribution in [1.29, 1.82) is 0 Å². The summed E-state index contributed by atoms with van der Waals surface area (Å²) in [6, 6.07) is 3.52. The molecule has 3 nitrogen and oxygen atoms in total. The fourth-order valence-corrected chi connectivity index (χ4v) is 0.959. The van der Waals surface area contributed by atoms with Crippen molar-refractivity contribution in [2.24, 2.45) is 0 Å². The third-order valence-electron chi connectivity index (χ3n) is 1.63. The van der Waals surface area contributed by atoms with Gasteiger partial charge in [-0.1, -0.05) is 0 Å². The first-order chi connectivity index (χ1) is 6.34. The van der Waals surface area contributed by atoms with E-state index in [0.717, 1.165) is 6.42 Å². The van der Waals surface area contributed by atoms with E-state index in [9.17, 15) is 4.79 Å². The van der Waals surface area contributed by atoms with Crippen molar-refractivity contribution in [2.75, 3.05) is 6.54 Å². The average molecular weight is 176 g/mol. The third-order valence-corrected chi connectivity index (χ3v) is 1.63. The van der Waals surface area contributed by atoms with Crippen molar-refractivity contribution in [2.45, 2.75) is 12.8 Å². The van der Waals surface area contributed by atoms with Crippen LogP contribution in [0.5, 0.6) is 0 Å². The molecule has 0 aromatic carbocycles. The first-order valence-electron chi connectivity index (χ1n) is 4.19. The van der Waals surface area contributed by atoms with Gasteiger partial charge in [0.05, 0.1) is 0 Å². The van der Waals surface area contributed by atoms with Gasteiger partial charge >= 0.3 is 0 Å². The van der Waals surface area contributed by atoms with Crippen LogP contribution >= 0.6 is 0 Å². The maximum atomic E-state index is 11.3. The average Bonchev–Trinajstić information content (AvgIpc) is 2.65. The van der Waals surface area contributed by atoms with Gasteiger partial charge in [0.25, 0.3) is 5.91 Å². The van der Waals surface area contributed by atoms with E-state index >= 15 is 0 Å². The van der Waals surface area contributed by atoms with E-state index in [2.05, 4.69) is 16.2 Å². The van der Waals surface area contributed by atoms with Crippen LogP contribution in [0.2, 0.25) is 0 Å². The predicted molar refractivity (Wildman–Crippen MR) is 51.2 cm³/mol. The summed E-state index contributed by atoms with van der Waals surface area (Å²) in [7, 11) is 0. The third kappa shape index (κ3) is 3.04. The molecule has 3 heteroatoms. The number of unbranched alkanes of at least 4 members (excludes halogenated alkanes) is 1. The maximum Gasteiger partial charge on any atom is 0.267 e. The number of carbonyl (C=O) groups is 1. The van der Waals surface area contributed by atoms with Crippen LogP contribution in [0.25, 0.3) is 0 Å². The van der Waals surface area contributed by atoms with Gasteiger partial charge in [0, 0.05) is 19.2 Å². The van der Waals surface area contributed by atoms with E-state index < -0.39 is 0 Å². The molecule has 0 saturated heterocycles. The van der Waals surface area contributed by atoms with Gasteiger partial charge in [-0.2, -0.15) is 0 Å². The lowest BCUT2D eigenvalue weighted by molar-refractivity contribution is 0.0949. The summed E-state index contributed by atoms with van der Waals surface area (Å²) in [5.41, 5.74) is 0.584. The van der Waals surface area contributed by atoms with E-state index in [1.807, 2.05) is 0 Å². The number of H-pyrrole nitrogens is 1. The van der Waals surface area contributed by atoms with Crippen molar-refractivity contribution in [3.63, 3.8) is 0 Å². The van der Waals surface area contributed by atoms with Crippen molar-refractivity contribution >= 4 is 5.91 Å². The highest BCUT2D eigenvalue weighted by Gasteiger charge is 2.02. The molecule has 0 atom stereocenters. The fourth-order valence-electron chi connectivity index (χ4n) is 0.959. The second kappa shape index (κ2) is 5.04. The number of aromatic nitrogens is 1. The minimum absolute atomic E-state index is 0.0815. The lowest BCUT2D eigenvalue weighted by Gasteiger charge is -2.00. The number of terminal acetylenes is 1. The van der Waals surface area contributed by atoms with Crippen molar-refractivity contribution < 1.29 is 4.79 Å². The molecule has 1 rings (SSSR count). The second-order valence-corrected chi connectivity index (χ2v) is 2.65. The topological polar surface area (TPSA) is 44.9 Å². The lowest BCUT2D eigenvalue weighted by atomic mass is 10.3. The first kappa shape index (κ1) is 9.40. The highest BCUT2D eigenvalue weighted by molar-refractivity contribution is 5.92. The molecular weight excluding hydrogens is 164 g/mol. The van der Waals surface area contributed by atoms with Gasteiger partial charge in [-0.05, 0) is 18.6 Å². The van der Waals surface area contributed by atoms with E-state index in [1.165, 1.54) is 0 Å². The quantitative estimate of drug-likeness (QED) is 0.524. The molecule has 68 valence electrons. The molecule has 0 bridgehead atoms. The number of carbonyl (C=O) groups excluding carboxylic acids is 1. The van der Waals surface area contributed by atoms with E-state index in [1.54, 1.807) is 18.3 Å². The molecule has 0 radical (unpaired) electrons. The second-order valence-electron chi connectivity index (χ2n) is 2.65. The van der Waals surface area contributed by atoms with E-state index in [-0.39, 0.29) is 5.91 Å². The van der Waals surface area contributed by atoms with Crippen LogP contribution in [0.15, 0.2) is 18.3 Å². The van der Waals surface area contributed by atoms with Gasteiger partial charge in [-0.3, -0.25) is 4.79 Å². The normalized spacial score (nSPS) is 9.15. The summed E-state index contributed by atoms with van der Waals surface area (Å²) >= 11 is 0. The summed E-state index contributed by atoms with van der Waals surface area (Å²) < 4.78 is 0. The Kier molecular flexibility index (Phi) is 3.65. The molecule has 0 aliphatic carbocycles. The van der Waals surface area contributed by atoms with E-state index in [0.29, 0.717) is 18.7 Å². The molecule has 0 aliphatic rings. The molecular formula is C10H12N2O. The standard InChI is InChI=1S/C10H12N2O/c1-2-3-4-7-12-10(13)9-6-5-8-11-9/h1,5-6,8,11H,3-4,7H2,(H,12,13). The minimum atomic E-state index is -0.0815. The first-order valence-corrected chi connectivity index (χ1v) is 4.19. The smallest absolute Gasteiger partial charge is 0.267 e.